The monoisotopic (exact) mass is 215 g/mol. The predicted octanol–water partition coefficient (Wildman–Crippen LogP) is 3.00. The largest absolute Gasteiger partial charge is 0.276 e. The van der Waals surface area contributed by atoms with Gasteiger partial charge in [-0.2, -0.15) is 0 Å². The van der Waals surface area contributed by atoms with Crippen LogP contribution >= 0.6 is 11.6 Å². The van der Waals surface area contributed by atoms with Gasteiger partial charge in [-0.1, -0.05) is 19.9 Å². The highest BCUT2D eigenvalue weighted by Gasteiger charge is 2.08. The highest BCUT2D eigenvalue weighted by atomic mass is 35.5. The zero-order valence-electron chi connectivity index (χ0n) is 7.86. The van der Waals surface area contributed by atoms with Crippen LogP contribution < -0.4 is 0 Å². The Hall–Kier alpha value is -1.42. The number of nitro groups is 1. The molecular formula is C9H10ClNO3. The number of carbonyl (C=O) groups excluding carboxylic acids is 1. The lowest BCUT2D eigenvalue weighted by atomic mass is 10.2. The normalized spacial score (nSPS) is 8.50. The van der Waals surface area contributed by atoms with Gasteiger partial charge in [-0.15, -0.1) is 0 Å². The number of rotatable bonds is 2. The fraction of sp³-hybridized carbons (Fsp3) is 0.222. The third-order valence-electron chi connectivity index (χ3n) is 1.28. The lowest BCUT2D eigenvalue weighted by Crippen LogP contribution is -1.92. The molecule has 0 amide bonds. The van der Waals surface area contributed by atoms with Crippen molar-refractivity contribution >= 4 is 22.5 Å². The standard InChI is InChI=1S/C7H4ClNO3.C2H6/c8-7(10)5-2-1-3-6(4-5)9(11)12;1-2/h1-4H;1-2H3. The van der Waals surface area contributed by atoms with Crippen molar-refractivity contribution in [1.29, 1.82) is 0 Å². The first-order valence-electron chi connectivity index (χ1n) is 4.05. The van der Waals surface area contributed by atoms with Gasteiger partial charge in [-0.3, -0.25) is 14.9 Å². The summed E-state index contributed by atoms with van der Waals surface area (Å²) in [5.74, 6) is 0. The summed E-state index contributed by atoms with van der Waals surface area (Å²) in [6, 6.07) is 5.26. The van der Waals surface area contributed by atoms with E-state index in [1.165, 1.54) is 18.2 Å². The Morgan fingerprint density at radius 2 is 2.00 bits per heavy atom. The summed E-state index contributed by atoms with van der Waals surface area (Å²) in [6.07, 6.45) is 0. The van der Waals surface area contributed by atoms with Crippen LogP contribution in [0.4, 0.5) is 5.69 Å². The van der Waals surface area contributed by atoms with E-state index >= 15 is 0 Å². The van der Waals surface area contributed by atoms with Crippen molar-refractivity contribution in [2.45, 2.75) is 13.8 Å². The smallest absolute Gasteiger partial charge is 0.270 e. The van der Waals surface area contributed by atoms with Crippen LogP contribution in [0.15, 0.2) is 24.3 Å². The van der Waals surface area contributed by atoms with E-state index in [-0.39, 0.29) is 11.3 Å². The van der Waals surface area contributed by atoms with Crippen molar-refractivity contribution in [3.05, 3.63) is 39.9 Å². The average Bonchev–Trinajstić information content (AvgIpc) is 2.21. The van der Waals surface area contributed by atoms with Crippen molar-refractivity contribution in [3.8, 4) is 0 Å². The van der Waals surface area contributed by atoms with E-state index in [1.54, 1.807) is 0 Å². The number of hydrogen-bond acceptors (Lipinski definition) is 3. The minimum Gasteiger partial charge on any atom is -0.276 e. The Balaban J connectivity index is 0.000000791. The molecule has 0 aliphatic rings. The third kappa shape index (κ3) is 3.53. The molecule has 0 heterocycles. The minimum atomic E-state index is -0.696. The van der Waals surface area contributed by atoms with E-state index in [2.05, 4.69) is 0 Å². The molecule has 76 valence electrons. The maximum Gasteiger partial charge on any atom is 0.270 e. The van der Waals surface area contributed by atoms with Crippen molar-refractivity contribution < 1.29 is 9.72 Å². The lowest BCUT2D eigenvalue weighted by molar-refractivity contribution is -0.384. The van der Waals surface area contributed by atoms with Gasteiger partial charge in [0.15, 0.2) is 0 Å². The van der Waals surface area contributed by atoms with Crippen LogP contribution in [0.2, 0.25) is 0 Å². The van der Waals surface area contributed by atoms with E-state index in [4.69, 9.17) is 11.6 Å². The van der Waals surface area contributed by atoms with Crippen molar-refractivity contribution in [3.63, 3.8) is 0 Å². The average molecular weight is 216 g/mol. The first-order chi connectivity index (χ1) is 6.61. The molecule has 0 fully saturated rings. The molecule has 1 rings (SSSR count). The number of carbonyl (C=O) groups is 1. The summed E-state index contributed by atoms with van der Waals surface area (Å²) in [6.45, 7) is 4.00. The summed E-state index contributed by atoms with van der Waals surface area (Å²) in [5.41, 5.74) is -0.00707. The summed E-state index contributed by atoms with van der Waals surface area (Å²) in [4.78, 5) is 20.2. The number of hydrogen-bond donors (Lipinski definition) is 0. The van der Waals surface area contributed by atoms with Gasteiger partial charge in [0.2, 0.25) is 0 Å². The van der Waals surface area contributed by atoms with Crippen molar-refractivity contribution in [2.24, 2.45) is 0 Å². The molecule has 0 saturated heterocycles. The summed E-state index contributed by atoms with van der Waals surface area (Å²) in [7, 11) is 0. The molecule has 5 heteroatoms. The quantitative estimate of drug-likeness (QED) is 0.433. The van der Waals surface area contributed by atoms with Gasteiger partial charge in [-0.25, -0.2) is 0 Å². The molecule has 0 atom stereocenters. The highest BCUT2D eigenvalue weighted by molar-refractivity contribution is 6.67. The van der Waals surface area contributed by atoms with Crippen LogP contribution in [0.1, 0.15) is 24.2 Å². The molecule has 1 aromatic carbocycles. The van der Waals surface area contributed by atoms with Gasteiger partial charge in [0.05, 0.1) is 4.92 Å². The summed E-state index contributed by atoms with van der Waals surface area (Å²) >= 11 is 5.12. The molecule has 0 aromatic heterocycles. The number of halogens is 1. The second kappa shape index (κ2) is 6.10. The SMILES string of the molecule is CC.O=C(Cl)c1cccc([N+](=O)[O-])c1. The Morgan fingerprint density at radius 1 is 1.43 bits per heavy atom. The van der Waals surface area contributed by atoms with E-state index in [0.717, 1.165) is 6.07 Å². The van der Waals surface area contributed by atoms with E-state index in [0.29, 0.717) is 0 Å². The maximum absolute atomic E-state index is 10.6. The van der Waals surface area contributed by atoms with E-state index in [1.807, 2.05) is 13.8 Å². The zero-order chi connectivity index (χ0) is 11.1. The van der Waals surface area contributed by atoms with Crippen LogP contribution in [0, 0.1) is 10.1 Å². The molecule has 0 N–H and O–H groups in total. The number of non-ortho nitro benzene ring substituents is 1. The van der Waals surface area contributed by atoms with Gasteiger partial charge in [0, 0.05) is 17.7 Å². The van der Waals surface area contributed by atoms with Gasteiger partial charge < -0.3 is 0 Å². The molecule has 14 heavy (non-hydrogen) atoms. The molecule has 0 aliphatic heterocycles. The lowest BCUT2D eigenvalue weighted by Gasteiger charge is -1.92. The second-order valence-corrected chi connectivity index (χ2v) is 2.42. The minimum absolute atomic E-state index is 0.130. The molecular weight excluding hydrogens is 206 g/mol. The fourth-order valence-corrected chi connectivity index (χ4v) is 0.859. The molecule has 1 aromatic rings. The van der Waals surface area contributed by atoms with Crippen LogP contribution in [0.3, 0.4) is 0 Å². The molecule has 0 bridgehead atoms. The van der Waals surface area contributed by atoms with Crippen LogP contribution in [0.5, 0.6) is 0 Å². The Kier molecular flexibility index (Phi) is 5.48. The molecule has 0 spiro atoms. The fourth-order valence-electron chi connectivity index (χ4n) is 0.742. The Morgan fingerprint density at radius 3 is 2.43 bits per heavy atom. The highest BCUT2D eigenvalue weighted by Crippen LogP contribution is 2.14. The molecule has 0 unspecified atom stereocenters. The van der Waals surface area contributed by atoms with Gasteiger partial charge in [-0.05, 0) is 17.7 Å². The molecule has 0 radical (unpaired) electrons. The van der Waals surface area contributed by atoms with Gasteiger partial charge in [0.1, 0.15) is 0 Å². The Bertz CT molecular complexity index is 309. The van der Waals surface area contributed by atoms with Crippen molar-refractivity contribution in [1.82, 2.24) is 0 Å². The number of nitro benzene ring substituents is 1. The van der Waals surface area contributed by atoms with Crippen LogP contribution in [-0.2, 0) is 0 Å². The topological polar surface area (TPSA) is 60.2 Å². The number of benzene rings is 1. The van der Waals surface area contributed by atoms with Gasteiger partial charge in [0.25, 0.3) is 10.9 Å². The molecule has 4 nitrogen and oxygen atoms in total. The van der Waals surface area contributed by atoms with E-state index in [9.17, 15) is 14.9 Å². The molecule has 0 saturated carbocycles. The second-order valence-electron chi connectivity index (χ2n) is 2.08. The van der Waals surface area contributed by atoms with Crippen LogP contribution in [-0.4, -0.2) is 10.2 Å². The number of nitrogens with zero attached hydrogens (tertiary/aromatic N) is 1. The maximum atomic E-state index is 10.6. The van der Waals surface area contributed by atoms with Crippen LogP contribution in [0.25, 0.3) is 0 Å². The third-order valence-corrected chi connectivity index (χ3v) is 1.50. The zero-order valence-corrected chi connectivity index (χ0v) is 8.62. The van der Waals surface area contributed by atoms with E-state index < -0.39 is 10.2 Å². The first kappa shape index (κ1) is 12.6. The molecule has 0 aliphatic carbocycles. The van der Waals surface area contributed by atoms with Gasteiger partial charge >= 0.3 is 0 Å². The van der Waals surface area contributed by atoms with Crippen molar-refractivity contribution in [2.75, 3.05) is 0 Å². The Labute approximate surface area is 86.6 Å². The summed E-state index contributed by atoms with van der Waals surface area (Å²) < 4.78 is 0. The predicted molar refractivity (Wildman–Crippen MR) is 54.6 cm³/mol. The first-order valence-corrected chi connectivity index (χ1v) is 4.43. The summed E-state index contributed by atoms with van der Waals surface area (Å²) in [5, 5.41) is 9.53.